The second kappa shape index (κ2) is 13.4. The van der Waals surface area contributed by atoms with E-state index in [4.69, 9.17) is 4.98 Å². The topological polar surface area (TPSA) is 132 Å². The average molecular weight is 558 g/mol. The Bertz CT molecular complexity index is 1340. The van der Waals surface area contributed by atoms with Crippen molar-refractivity contribution in [2.24, 2.45) is 0 Å². The Hall–Kier alpha value is -4.21. The molecule has 0 saturated carbocycles. The summed E-state index contributed by atoms with van der Waals surface area (Å²) < 4.78 is 0. The summed E-state index contributed by atoms with van der Waals surface area (Å²) in [6.45, 7) is 4.77. The van der Waals surface area contributed by atoms with Gasteiger partial charge in [-0.2, -0.15) is 0 Å². The molecule has 0 unspecified atom stereocenters. The third-order valence-electron chi connectivity index (χ3n) is 8.00. The van der Waals surface area contributed by atoms with E-state index in [0.29, 0.717) is 24.6 Å². The van der Waals surface area contributed by atoms with Crippen molar-refractivity contribution in [2.45, 2.75) is 63.8 Å². The summed E-state index contributed by atoms with van der Waals surface area (Å²) in [6, 6.07) is 13.0. The maximum absolute atomic E-state index is 12.5. The lowest BCUT2D eigenvalue weighted by Crippen LogP contribution is -2.45. The third-order valence-corrected chi connectivity index (χ3v) is 8.00. The Morgan fingerprint density at radius 3 is 2.68 bits per heavy atom. The highest BCUT2D eigenvalue weighted by molar-refractivity contribution is 5.84. The van der Waals surface area contributed by atoms with Gasteiger partial charge in [-0.15, -0.1) is 0 Å². The molecule has 10 nitrogen and oxygen atoms in total. The summed E-state index contributed by atoms with van der Waals surface area (Å²) in [5, 5.41) is 19.0. The molecule has 3 aromatic rings. The monoisotopic (exact) mass is 557 g/mol. The number of amides is 1. The third kappa shape index (κ3) is 7.11. The fraction of sp³-hybridized carbons (Fsp3) is 0.452. The summed E-state index contributed by atoms with van der Waals surface area (Å²) in [5.74, 6) is 1.55. The summed E-state index contributed by atoms with van der Waals surface area (Å²) >= 11 is 0. The number of benzene rings is 1. The Balaban J connectivity index is 1.18. The number of aryl methyl sites for hydroxylation is 2. The molecule has 0 bridgehead atoms. The maximum atomic E-state index is 12.5. The van der Waals surface area contributed by atoms with E-state index >= 15 is 0 Å². The van der Waals surface area contributed by atoms with E-state index in [1.165, 1.54) is 11.9 Å². The predicted molar refractivity (Wildman–Crippen MR) is 159 cm³/mol. The molecule has 1 fully saturated rings. The summed E-state index contributed by atoms with van der Waals surface area (Å²) in [4.78, 5) is 40.7. The minimum absolute atomic E-state index is 0.0238. The molecule has 5 rings (SSSR count). The van der Waals surface area contributed by atoms with Gasteiger partial charge in [-0.3, -0.25) is 4.79 Å². The van der Waals surface area contributed by atoms with Gasteiger partial charge >= 0.3 is 5.97 Å². The number of nitrogens with one attached hydrogen (secondary N) is 3. The first kappa shape index (κ1) is 28.3. The molecule has 4 N–H and O–H groups in total. The Morgan fingerprint density at radius 2 is 1.93 bits per heavy atom. The van der Waals surface area contributed by atoms with Crippen LogP contribution in [0.2, 0.25) is 0 Å². The molecule has 1 aromatic carbocycles. The zero-order valence-electron chi connectivity index (χ0n) is 23.6. The van der Waals surface area contributed by atoms with Crippen LogP contribution in [-0.4, -0.2) is 64.2 Å². The molecular formula is C31H39N7O3. The van der Waals surface area contributed by atoms with Crippen LogP contribution in [0.25, 0.3) is 0 Å². The molecule has 2 aromatic heterocycles. The van der Waals surface area contributed by atoms with Gasteiger partial charge in [-0.25, -0.2) is 19.7 Å². The van der Waals surface area contributed by atoms with Crippen molar-refractivity contribution in [1.29, 1.82) is 0 Å². The molecule has 41 heavy (non-hydrogen) atoms. The first-order valence-corrected chi connectivity index (χ1v) is 14.6. The number of hydrogen-bond acceptors (Lipinski definition) is 8. The van der Waals surface area contributed by atoms with Crippen molar-refractivity contribution in [3.8, 4) is 0 Å². The molecule has 10 heteroatoms. The van der Waals surface area contributed by atoms with E-state index in [2.05, 4.69) is 43.0 Å². The zero-order valence-corrected chi connectivity index (χ0v) is 23.6. The van der Waals surface area contributed by atoms with Crippen molar-refractivity contribution >= 4 is 29.3 Å². The van der Waals surface area contributed by atoms with Gasteiger partial charge in [0.15, 0.2) is 0 Å². The second-order valence-corrected chi connectivity index (χ2v) is 10.7. The Morgan fingerprint density at radius 1 is 1.12 bits per heavy atom. The molecular weight excluding hydrogens is 518 g/mol. The summed E-state index contributed by atoms with van der Waals surface area (Å²) in [6.07, 6.45) is 7.20. The van der Waals surface area contributed by atoms with Gasteiger partial charge in [0.05, 0.1) is 0 Å². The summed E-state index contributed by atoms with van der Waals surface area (Å²) in [5.41, 5.74) is 4.45. The van der Waals surface area contributed by atoms with Gasteiger partial charge in [-0.1, -0.05) is 43.3 Å². The van der Waals surface area contributed by atoms with Crippen LogP contribution in [0.1, 0.15) is 60.9 Å². The number of fused-ring (bicyclic) bond motifs is 1. The number of anilines is 3. The highest BCUT2D eigenvalue weighted by Gasteiger charge is 2.26. The lowest BCUT2D eigenvalue weighted by molar-refractivity contribution is -0.141. The maximum Gasteiger partial charge on any atom is 0.328 e. The van der Waals surface area contributed by atoms with Crippen LogP contribution in [0.4, 0.5) is 17.5 Å². The lowest BCUT2D eigenvalue weighted by Gasteiger charge is -2.34. The number of rotatable bonds is 11. The van der Waals surface area contributed by atoms with Crippen molar-refractivity contribution in [3.05, 3.63) is 71.2 Å². The van der Waals surface area contributed by atoms with Gasteiger partial charge in [-0.05, 0) is 55.7 Å². The summed E-state index contributed by atoms with van der Waals surface area (Å²) in [7, 11) is 0. The van der Waals surface area contributed by atoms with Gasteiger partial charge < -0.3 is 26.0 Å². The molecule has 1 amide bonds. The van der Waals surface area contributed by atoms with E-state index in [0.717, 1.165) is 73.8 Å². The Labute approximate surface area is 241 Å². The van der Waals surface area contributed by atoms with Crippen LogP contribution in [-0.2, 0) is 28.9 Å². The molecule has 2 aliphatic heterocycles. The first-order valence-electron chi connectivity index (χ1n) is 14.6. The second-order valence-electron chi connectivity index (χ2n) is 10.7. The number of hydrogen-bond donors (Lipinski definition) is 4. The largest absolute Gasteiger partial charge is 0.480 e. The molecule has 0 spiro atoms. The minimum atomic E-state index is -1.09. The Kier molecular flexibility index (Phi) is 9.28. The van der Waals surface area contributed by atoms with E-state index < -0.39 is 12.0 Å². The molecule has 1 saturated heterocycles. The van der Waals surface area contributed by atoms with Crippen LogP contribution in [0, 0.1) is 0 Å². The van der Waals surface area contributed by atoms with Gasteiger partial charge in [0, 0.05) is 49.8 Å². The van der Waals surface area contributed by atoms with Gasteiger partial charge in [0.2, 0.25) is 5.91 Å². The number of carbonyl (C=O) groups excluding carboxylic acids is 1. The van der Waals surface area contributed by atoms with E-state index in [9.17, 15) is 14.7 Å². The predicted octanol–water partition coefficient (Wildman–Crippen LogP) is 3.79. The molecule has 1 atom stereocenters. The van der Waals surface area contributed by atoms with E-state index in [1.807, 2.05) is 37.3 Å². The number of aromatic nitrogens is 3. The molecule has 4 heterocycles. The molecule has 0 radical (unpaired) electrons. The minimum Gasteiger partial charge on any atom is -0.480 e. The molecule has 216 valence electrons. The number of aliphatic carboxylic acids is 1. The van der Waals surface area contributed by atoms with Crippen molar-refractivity contribution in [2.75, 3.05) is 41.7 Å². The number of pyridine rings is 1. The van der Waals surface area contributed by atoms with E-state index in [-0.39, 0.29) is 18.9 Å². The smallest absolute Gasteiger partial charge is 0.328 e. The van der Waals surface area contributed by atoms with Crippen LogP contribution in [0.5, 0.6) is 0 Å². The average Bonchev–Trinajstić information content (AvgIpc) is 3.02. The number of nitrogens with zero attached hydrogens (tertiary/aromatic N) is 4. The van der Waals surface area contributed by atoms with Crippen LogP contribution >= 0.6 is 0 Å². The first-order chi connectivity index (χ1) is 20.0. The van der Waals surface area contributed by atoms with Crippen LogP contribution in [0.3, 0.4) is 0 Å². The number of piperidine rings is 1. The number of carboxylic acid groups (broad SMARTS) is 1. The standard InChI is InChI=1S/C31H39N7O3/c1-2-24-29(33-19-26(31(40)41)36-27(39)13-10-21-7-4-3-5-8-21)34-20-35-30(24)38-17-14-22(15-18-38)25-12-11-23-9-6-16-32-28(23)37-25/h3-5,7-8,11-12,20,22,26H,2,6,9-10,13-19H2,1H3,(H,32,37)(H,36,39)(H,40,41)(H,33,34,35)/t26-/m0/s1. The van der Waals surface area contributed by atoms with E-state index in [1.54, 1.807) is 0 Å². The number of carboxylic acids is 1. The highest BCUT2D eigenvalue weighted by atomic mass is 16.4. The normalized spacial score (nSPS) is 15.9. The van der Waals surface area contributed by atoms with Crippen molar-refractivity contribution < 1.29 is 14.7 Å². The highest BCUT2D eigenvalue weighted by Crippen LogP contribution is 2.33. The fourth-order valence-electron chi connectivity index (χ4n) is 5.68. The number of carbonyl (C=O) groups is 2. The molecule has 2 aliphatic rings. The SMILES string of the molecule is CCc1c(NC[C@H](NC(=O)CCc2ccccc2)C(=O)O)ncnc1N1CCC(c2ccc3c(n2)NCCC3)CC1. The fourth-order valence-corrected chi connectivity index (χ4v) is 5.68. The quantitative estimate of drug-likeness (QED) is 0.278. The zero-order chi connectivity index (χ0) is 28.6. The molecule has 0 aliphatic carbocycles. The van der Waals surface area contributed by atoms with Crippen LogP contribution in [0.15, 0.2) is 48.8 Å². The lowest BCUT2D eigenvalue weighted by atomic mass is 9.92. The van der Waals surface area contributed by atoms with Crippen LogP contribution < -0.4 is 20.9 Å². The van der Waals surface area contributed by atoms with Gasteiger partial charge in [0.25, 0.3) is 0 Å². The van der Waals surface area contributed by atoms with Crippen molar-refractivity contribution in [3.63, 3.8) is 0 Å². The van der Waals surface area contributed by atoms with Gasteiger partial charge in [0.1, 0.15) is 29.8 Å². The van der Waals surface area contributed by atoms with Crippen molar-refractivity contribution in [1.82, 2.24) is 20.3 Å².